The summed E-state index contributed by atoms with van der Waals surface area (Å²) in [5.74, 6) is 0. The van der Waals surface area contributed by atoms with Crippen molar-refractivity contribution in [2.45, 2.75) is 46.6 Å². The van der Waals surface area contributed by atoms with Crippen LogP contribution >= 0.6 is 0 Å². The Kier molecular flexibility index (Phi) is 6.50. The van der Waals surface area contributed by atoms with E-state index in [1.165, 1.54) is 6.07 Å². The molecule has 0 bridgehead atoms. The summed E-state index contributed by atoms with van der Waals surface area (Å²) in [5, 5.41) is 25.8. The molecule has 0 radical (unpaired) electrons. The van der Waals surface area contributed by atoms with Gasteiger partial charge in [0.2, 0.25) is 0 Å². The molecule has 0 spiro atoms. The van der Waals surface area contributed by atoms with Gasteiger partial charge in [0, 0.05) is 23.9 Å². The molecule has 23 heavy (non-hydrogen) atoms. The van der Waals surface area contributed by atoms with E-state index < -0.39 is 17.1 Å². The fraction of sp³-hybridized carbons (Fsp3) is 0.562. The fourth-order valence-corrected chi connectivity index (χ4v) is 2.48. The van der Waals surface area contributed by atoms with Crippen molar-refractivity contribution >= 4 is 17.4 Å². The molecule has 0 saturated heterocycles. The number of nitro benzene ring substituents is 1. The molecule has 2 amide bonds. The van der Waals surface area contributed by atoms with Crippen molar-refractivity contribution in [1.82, 2.24) is 5.32 Å². The van der Waals surface area contributed by atoms with Gasteiger partial charge in [-0.3, -0.25) is 10.1 Å². The van der Waals surface area contributed by atoms with E-state index in [0.29, 0.717) is 30.6 Å². The number of urea groups is 1. The standard InChI is InChI=1S/C16H25N3O4/c1-5-12-6-7-13(8-14(12)19(22)23)18-15(21)17-10-16(3,4)9-11(2)20/h6-8,11,20H,5,9-10H2,1-4H3,(H2,17,18,21). The van der Waals surface area contributed by atoms with E-state index in [9.17, 15) is 20.0 Å². The van der Waals surface area contributed by atoms with Gasteiger partial charge in [0.1, 0.15) is 0 Å². The second-order valence-corrected chi connectivity index (χ2v) is 6.48. The number of aliphatic hydroxyl groups is 1. The molecule has 0 aliphatic rings. The number of hydrogen-bond donors (Lipinski definition) is 3. The Balaban J connectivity index is 2.68. The van der Waals surface area contributed by atoms with Crippen LogP contribution in [0.25, 0.3) is 0 Å². The lowest BCUT2D eigenvalue weighted by Crippen LogP contribution is -2.38. The first kappa shape index (κ1) is 18.9. The zero-order valence-corrected chi connectivity index (χ0v) is 14.0. The second kappa shape index (κ2) is 7.92. The first-order valence-corrected chi connectivity index (χ1v) is 7.65. The van der Waals surface area contributed by atoms with Gasteiger partial charge >= 0.3 is 6.03 Å². The summed E-state index contributed by atoms with van der Waals surface area (Å²) < 4.78 is 0. The van der Waals surface area contributed by atoms with Crippen LogP contribution in [-0.4, -0.2) is 28.7 Å². The molecule has 7 heteroatoms. The largest absolute Gasteiger partial charge is 0.393 e. The van der Waals surface area contributed by atoms with Crippen LogP contribution in [0.4, 0.5) is 16.2 Å². The number of carbonyl (C=O) groups is 1. The number of anilines is 1. The molecular formula is C16H25N3O4. The van der Waals surface area contributed by atoms with Crippen molar-refractivity contribution in [3.05, 3.63) is 33.9 Å². The third kappa shape index (κ3) is 6.23. The Morgan fingerprint density at radius 3 is 2.61 bits per heavy atom. The quantitative estimate of drug-likeness (QED) is 0.529. The molecule has 0 aromatic heterocycles. The fourth-order valence-electron chi connectivity index (χ4n) is 2.48. The highest BCUT2D eigenvalue weighted by atomic mass is 16.6. The summed E-state index contributed by atoms with van der Waals surface area (Å²) in [5.41, 5.74) is 0.752. The maximum Gasteiger partial charge on any atom is 0.319 e. The number of hydrogen-bond acceptors (Lipinski definition) is 4. The van der Waals surface area contributed by atoms with Gasteiger partial charge in [-0.25, -0.2) is 4.79 Å². The summed E-state index contributed by atoms with van der Waals surface area (Å²) in [6.07, 6.45) is 0.666. The van der Waals surface area contributed by atoms with Crippen LogP contribution in [0.1, 0.15) is 39.7 Å². The molecule has 1 unspecified atom stereocenters. The van der Waals surface area contributed by atoms with Crippen LogP contribution in [0.15, 0.2) is 18.2 Å². The SMILES string of the molecule is CCc1ccc(NC(=O)NCC(C)(C)CC(C)O)cc1[N+](=O)[O-]. The smallest absolute Gasteiger partial charge is 0.319 e. The lowest BCUT2D eigenvalue weighted by Gasteiger charge is -2.26. The normalized spacial score (nSPS) is 12.6. The van der Waals surface area contributed by atoms with Crippen molar-refractivity contribution in [2.75, 3.05) is 11.9 Å². The molecule has 0 heterocycles. The second-order valence-electron chi connectivity index (χ2n) is 6.48. The van der Waals surface area contributed by atoms with E-state index in [-0.39, 0.29) is 11.1 Å². The number of nitrogens with zero attached hydrogens (tertiary/aromatic N) is 1. The molecule has 7 nitrogen and oxygen atoms in total. The van der Waals surface area contributed by atoms with E-state index in [0.717, 1.165) is 0 Å². The minimum atomic E-state index is -0.451. The van der Waals surface area contributed by atoms with Crippen LogP contribution in [0.3, 0.4) is 0 Å². The molecule has 128 valence electrons. The van der Waals surface area contributed by atoms with E-state index in [1.54, 1.807) is 19.1 Å². The first-order valence-electron chi connectivity index (χ1n) is 7.65. The lowest BCUT2D eigenvalue weighted by atomic mass is 9.87. The summed E-state index contributed by atoms with van der Waals surface area (Å²) >= 11 is 0. The Bertz CT molecular complexity index is 570. The van der Waals surface area contributed by atoms with E-state index in [1.807, 2.05) is 20.8 Å². The Morgan fingerprint density at radius 2 is 2.09 bits per heavy atom. The molecule has 0 aliphatic carbocycles. The minimum Gasteiger partial charge on any atom is -0.393 e. The van der Waals surface area contributed by atoms with E-state index in [2.05, 4.69) is 10.6 Å². The number of nitrogens with one attached hydrogen (secondary N) is 2. The topological polar surface area (TPSA) is 104 Å². The summed E-state index contributed by atoms with van der Waals surface area (Å²) in [7, 11) is 0. The van der Waals surface area contributed by atoms with Gasteiger partial charge in [0.15, 0.2) is 0 Å². The van der Waals surface area contributed by atoms with Gasteiger partial charge in [0.05, 0.1) is 11.0 Å². The van der Waals surface area contributed by atoms with Crippen molar-refractivity contribution in [2.24, 2.45) is 5.41 Å². The summed E-state index contributed by atoms with van der Waals surface area (Å²) in [4.78, 5) is 22.5. The minimum absolute atomic E-state index is 0.000245. The van der Waals surface area contributed by atoms with Crippen molar-refractivity contribution in [1.29, 1.82) is 0 Å². The van der Waals surface area contributed by atoms with Crippen LogP contribution < -0.4 is 10.6 Å². The number of amides is 2. The van der Waals surface area contributed by atoms with E-state index in [4.69, 9.17) is 0 Å². The average Bonchev–Trinajstić information content (AvgIpc) is 2.44. The molecule has 0 fully saturated rings. The van der Waals surface area contributed by atoms with Crippen molar-refractivity contribution in [3.8, 4) is 0 Å². The average molecular weight is 323 g/mol. The maximum atomic E-state index is 11.9. The number of aliphatic hydroxyl groups excluding tert-OH is 1. The highest BCUT2D eigenvalue weighted by molar-refractivity contribution is 5.89. The number of carbonyl (C=O) groups excluding carboxylic acids is 1. The molecular weight excluding hydrogens is 298 g/mol. The Labute approximate surface area is 136 Å². The van der Waals surface area contributed by atoms with Crippen LogP contribution in [0.5, 0.6) is 0 Å². The van der Waals surface area contributed by atoms with Crippen molar-refractivity contribution < 1.29 is 14.8 Å². The van der Waals surface area contributed by atoms with E-state index >= 15 is 0 Å². The Hall–Kier alpha value is -2.15. The predicted octanol–water partition coefficient (Wildman–Crippen LogP) is 3.08. The molecule has 1 atom stereocenters. The van der Waals surface area contributed by atoms with Gasteiger partial charge in [-0.2, -0.15) is 0 Å². The van der Waals surface area contributed by atoms with Gasteiger partial charge in [0.25, 0.3) is 5.69 Å². The maximum absolute atomic E-state index is 11.9. The lowest BCUT2D eigenvalue weighted by molar-refractivity contribution is -0.385. The molecule has 0 saturated carbocycles. The molecule has 1 rings (SSSR count). The monoisotopic (exact) mass is 323 g/mol. The number of aryl methyl sites for hydroxylation is 1. The third-order valence-corrected chi connectivity index (χ3v) is 3.50. The van der Waals surface area contributed by atoms with Gasteiger partial charge in [-0.1, -0.05) is 26.8 Å². The molecule has 1 aromatic rings. The highest BCUT2D eigenvalue weighted by Crippen LogP contribution is 2.24. The molecule has 3 N–H and O–H groups in total. The number of rotatable bonds is 7. The highest BCUT2D eigenvalue weighted by Gasteiger charge is 2.21. The zero-order chi connectivity index (χ0) is 17.6. The molecule has 0 aliphatic heterocycles. The molecule has 1 aromatic carbocycles. The summed E-state index contributed by atoms with van der Waals surface area (Å²) in [6, 6.07) is 4.22. The van der Waals surface area contributed by atoms with Crippen LogP contribution in [0.2, 0.25) is 0 Å². The van der Waals surface area contributed by atoms with Crippen LogP contribution in [0, 0.1) is 15.5 Å². The number of nitro groups is 1. The predicted molar refractivity (Wildman–Crippen MR) is 89.6 cm³/mol. The number of benzene rings is 1. The van der Waals surface area contributed by atoms with Crippen LogP contribution in [-0.2, 0) is 6.42 Å². The van der Waals surface area contributed by atoms with Crippen molar-refractivity contribution in [3.63, 3.8) is 0 Å². The third-order valence-electron chi connectivity index (χ3n) is 3.50. The first-order chi connectivity index (χ1) is 10.6. The van der Waals surface area contributed by atoms with Gasteiger partial charge < -0.3 is 15.7 Å². The van der Waals surface area contributed by atoms with Gasteiger partial charge in [-0.15, -0.1) is 0 Å². The zero-order valence-electron chi connectivity index (χ0n) is 14.0. The summed E-state index contributed by atoms with van der Waals surface area (Å²) in [6.45, 7) is 7.82. The van der Waals surface area contributed by atoms with Gasteiger partial charge in [-0.05, 0) is 31.2 Å². The Morgan fingerprint density at radius 1 is 1.43 bits per heavy atom.